The maximum Gasteiger partial charge on any atom is 0.0596 e. The van der Waals surface area contributed by atoms with E-state index in [1.54, 1.807) is 0 Å². The van der Waals surface area contributed by atoms with Crippen molar-refractivity contribution in [1.29, 1.82) is 0 Å². The number of nitrogens with zero attached hydrogens (tertiary/aromatic N) is 2. The molecule has 0 radical (unpaired) electrons. The number of hydrogen-bond donors (Lipinski definition) is 1. The molecule has 1 N–H and O–H groups in total. The van der Waals surface area contributed by atoms with Gasteiger partial charge in [-0.05, 0) is 44.9 Å². The molecule has 21 heavy (non-hydrogen) atoms. The molecule has 1 aromatic carbocycles. The summed E-state index contributed by atoms with van der Waals surface area (Å²) in [5, 5.41) is 8.13. The van der Waals surface area contributed by atoms with Crippen LogP contribution in [0, 0.1) is 13.8 Å². The SMILES string of the molecule is CCCNC(Cc1ccc(C)cc1)Cc1cc(C)nn1C. The first-order valence-corrected chi connectivity index (χ1v) is 7.87. The third kappa shape index (κ3) is 4.71. The number of aryl methyl sites for hydroxylation is 3. The van der Waals surface area contributed by atoms with E-state index in [0.29, 0.717) is 6.04 Å². The fourth-order valence-electron chi connectivity index (χ4n) is 2.68. The van der Waals surface area contributed by atoms with Crippen LogP contribution in [0.25, 0.3) is 0 Å². The molecule has 3 heteroatoms. The van der Waals surface area contributed by atoms with E-state index in [2.05, 4.69) is 61.5 Å². The minimum Gasteiger partial charge on any atom is -0.313 e. The highest BCUT2D eigenvalue weighted by Gasteiger charge is 2.13. The molecule has 0 aliphatic carbocycles. The Morgan fingerprint density at radius 3 is 2.43 bits per heavy atom. The van der Waals surface area contributed by atoms with Gasteiger partial charge < -0.3 is 5.32 Å². The van der Waals surface area contributed by atoms with Crippen molar-refractivity contribution in [1.82, 2.24) is 15.1 Å². The van der Waals surface area contributed by atoms with E-state index >= 15 is 0 Å². The van der Waals surface area contributed by atoms with Gasteiger partial charge in [-0.15, -0.1) is 0 Å². The Balaban J connectivity index is 2.06. The van der Waals surface area contributed by atoms with Gasteiger partial charge in [-0.3, -0.25) is 4.68 Å². The monoisotopic (exact) mass is 285 g/mol. The van der Waals surface area contributed by atoms with Gasteiger partial charge in [0.05, 0.1) is 5.69 Å². The number of aromatic nitrogens is 2. The van der Waals surface area contributed by atoms with Crippen molar-refractivity contribution in [3.8, 4) is 0 Å². The van der Waals surface area contributed by atoms with Crippen LogP contribution in [0.15, 0.2) is 30.3 Å². The smallest absolute Gasteiger partial charge is 0.0596 e. The normalized spacial score (nSPS) is 12.6. The van der Waals surface area contributed by atoms with Gasteiger partial charge in [0.25, 0.3) is 0 Å². The van der Waals surface area contributed by atoms with Crippen molar-refractivity contribution in [3.63, 3.8) is 0 Å². The van der Waals surface area contributed by atoms with Crippen molar-refractivity contribution in [3.05, 3.63) is 52.8 Å². The summed E-state index contributed by atoms with van der Waals surface area (Å²) in [5.41, 5.74) is 5.11. The van der Waals surface area contributed by atoms with Crippen LogP contribution in [0.5, 0.6) is 0 Å². The van der Waals surface area contributed by atoms with E-state index < -0.39 is 0 Å². The summed E-state index contributed by atoms with van der Waals surface area (Å²) in [7, 11) is 2.03. The number of benzene rings is 1. The van der Waals surface area contributed by atoms with Crippen LogP contribution in [0.2, 0.25) is 0 Å². The molecule has 0 aliphatic rings. The lowest BCUT2D eigenvalue weighted by Gasteiger charge is -2.19. The molecule has 0 spiro atoms. The van der Waals surface area contributed by atoms with Crippen LogP contribution < -0.4 is 5.32 Å². The van der Waals surface area contributed by atoms with Gasteiger partial charge in [0, 0.05) is 25.2 Å². The van der Waals surface area contributed by atoms with Gasteiger partial charge in [-0.1, -0.05) is 36.8 Å². The maximum atomic E-state index is 4.45. The summed E-state index contributed by atoms with van der Waals surface area (Å²) in [6, 6.07) is 11.5. The largest absolute Gasteiger partial charge is 0.313 e. The first kappa shape index (κ1) is 15.8. The Morgan fingerprint density at radius 2 is 1.86 bits per heavy atom. The lowest BCUT2D eigenvalue weighted by atomic mass is 10.0. The van der Waals surface area contributed by atoms with E-state index in [4.69, 9.17) is 0 Å². The molecule has 2 rings (SSSR count). The Hall–Kier alpha value is -1.61. The van der Waals surface area contributed by atoms with E-state index in [0.717, 1.165) is 31.5 Å². The van der Waals surface area contributed by atoms with Crippen LogP contribution in [-0.2, 0) is 19.9 Å². The van der Waals surface area contributed by atoms with Crippen molar-refractivity contribution >= 4 is 0 Å². The summed E-state index contributed by atoms with van der Waals surface area (Å²) < 4.78 is 2.01. The standard InChI is InChI=1S/C18H27N3/c1-5-10-19-17(12-16-8-6-14(2)7-9-16)13-18-11-15(3)20-21(18)4/h6-9,11,17,19H,5,10,12-13H2,1-4H3. The van der Waals surface area contributed by atoms with Gasteiger partial charge in [0.2, 0.25) is 0 Å². The van der Waals surface area contributed by atoms with E-state index in [9.17, 15) is 0 Å². The third-order valence-corrected chi connectivity index (χ3v) is 3.84. The molecular weight excluding hydrogens is 258 g/mol. The molecule has 1 aromatic heterocycles. The predicted octanol–water partition coefficient (Wildman–Crippen LogP) is 3.19. The van der Waals surface area contributed by atoms with Crippen LogP contribution in [0.1, 0.15) is 35.9 Å². The van der Waals surface area contributed by atoms with Gasteiger partial charge in [-0.2, -0.15) is 5.10 Å². The molecule has 0 aliphatic heterocycles. The third-order valence-electron chi connectivity index (χ3n) is 3.84. The molecular formula is C18H27N3. The van der Waals surface area contributed by atoms with Gasteiger partial charge in [0.1, 0.15) is 0 Å². The summed E-state index contributed by atoms with van der Waals surface area (Å²) in [6.45, 7) is 7.46. The summed E-state index contributed by atoms with van der Waals surface area (Å²) in [4.78, 5) is 0. The second-order valence-corrected chi connectivity index (χ2v) is 5.95. The topological polar surface area (TPSA) is 29.9 Å². The highest BCUT2D eigenvalue weighted by Crippen LogP contribution is 2.11. The molecule has 2 aromatic rings. The van der Waals surface area contributed by atoms with Gasteiger partial charge in [0.15, 0.2) is 0 Å². The fourth-order valence-corrected chi connectivity index (χ4v) is 2.68. The number of rotatable bonds is 7. The lowest BCUT2D eigenvalue weighted by molar-refractivity contribution is 0.490. The average molecular weight is 285 g/mol. The Kier molecular flexibility index (Phi) is 5.57. The van der Waals surface area contributed by atoms with E-state index in [-0.39, 0.29) is 0 Å². The minimum absolute atomic E-state index is 0.461. The van der Waals surface area contributed by atoms with Crippen LogP contribution >= 0.6 is 0 Å². The highest BCUT2D eigenvalue weighted by molar-refractivity contribution is 5.22. The molecule has 0 amide bonds. The molecule has 1 unspecified atom stereocenters. The summed E-state index contributed by atoms with van der Waals surface area (Å²) >= 11 is 0. The minimum atomic E-state index is 0.461. The molecule has 0 saturated carbocycles. The molecule has 0 fully saturated rings. The van der Waals surface area contributed by atoms with Crippen molar-refractivity contribution < 1.29 is 0 Å². The molecule has 1 atom stereocenters. The van der Waals surface area contributed by atoms with Crippen LogP contribution in [-0.4, -0.2) is 22.4 Å². The van der Waals surface area contributed by atoms with Crippen molar-refractivity contribution in [2.45, 2.75) is 46.1 Å². The molecule has 0 bridgehead atoms. The predicted molar refractivity (Wildman–Crippen MR) is 88.6 cm³/mol. The molecule has 1 heterocycles. The first-order valence-electron chi connectivity index (χ1n) is 7.87. The fraction of sp³-hybridized carbons (Fsp3) is 0.500. The Bertz CT molecular complexity index is 554. The number of hydrogen-bond acceptors (Lipinski definition) is 2. The van der Waals surface area contributed by atoms with Gasteiger partial charge in [-0.25, -0.2) is 0 Å². The quantitative estimate of drug-likeness (QED) is 0.846. The highest BCUT2D eigenvalue weighted by atomic mass is 15.3. The van der Waals surface area contributed by atoms with Gasteiger partial charge >= 0.3 is 0 Å². The van der Waals surface area contributed by atoms with Crippen molar-refractivity contribution in [2.75, 3.05) is 6.54 Å². The first-order chi connectivity index (χ1) is 10.1. The Labute approximate surface area is 128 Å². The summed E-state index contributed by atoms with van der Waals surface area (Å²) in [6.07, 6.45) is 3.24. The van der Waals surface area contributed by atoms with Crippen molar-refractivity contribution in [2.24, 2.45) is 7.05 Å². The lowest BCUT2D eigenvalue weighted by Crippen LogP contribution is -2.34. The average Bonchev–Trinajstić information content (AvgIpc) is 2.76. The van der Waals surface area contributed by atoms with Crippen LogP contribution in [0.4, 0.5) is 0 Å². The van der Waals surface area contributed by atoms with Crippen LogP contribution in [0.3, 0.4) is 0 Å². The second kappa shape index (κ2) is 7.41. The zero-order valence-corrected chi connectivity index (χ0v) is 13.7. The summed E-state index contributed by atoms with van der Waals surface area (Å²) in [5.74, 6) is 0. The van der Waals surface area contributed by atoms with E-state index in [1.165, 1.54) is 16.8 Å². The maximum absolute atomic E-state index is 4.45. The number of nitrogens with one attached hydrogen (secondary N) is 1. The Morgan fingerprint density at radius 1 is 1.14 bits per heavy atom. The molecule has 3 nitrogen and oxygen atoms in total. The molecule has 0 saturated heterocycles. The van der Waals surface area contributed by atoms with E-state index in [1.807, 2.05) is 11.7 Å². The zero-order chi connectivity index (χ0) is 15.2. The molecule has 114 valence electrons. The second-order valence-electron chi connectivity index (χ2n) is 5.95. The zero-order valence-electron chi connectivity index (χ0n) is 13.7.